The molecule has 2 unspecified atom stereocenters. The van der Waals surface area contributed by atoms with Gasteiger partial charge in [-0.2, -0.15) is 0 Å². The van der Waals surface area contributed by atoms with Crippen molar-refractivity contribution in [2.24, 2.45) is 5.92 Å². The van der Waals surface area contributed by atoms with E-state index in [0.29, 0.717) is 6.04 Å². The van der Waals surface area contributed by atoms with Crippen LogP contribution in [0.15, 0.2) is 12.4 Å². The summed E-state index contributed by atoms with van der Waals surface area (Å²) < 4.78 is 4.99. The van der Waals surface area contributed by atoms with Crippen LogP contribution in [-0.4, -0.2) is 42.8 Å². The molecule has 1 aromatic rings. The van der Waals surface area contributed by atoms with Crippen LogP contribution in [0.4, 0.5) is 5.95 Å². The maximum Gasteiger partial charge on any atom is 0.225 e. The Balaban J connectivity index is 1.54. The predicted molar refractivity (Wildman–Crippen MR) is 74.1 cm³/mol. The highest BCUT2D eigenvalue weighted by molar-refractivity contribution is 5.35. The summed E-state index contributed by atoms with van der Waals surface area (Å²) in [5, 5.41) is 3.30. The van der Waals surface area contributed by atoms with Crippen LogP contribution in [0.1, 0.15) is 24.8 Å². The van der Waals surface area contributed by atoms with Gasteiger partial charge in [0.15, 0.2) is 0 Å². The lowest BCUT2D eigenvalue weighted by Gasteiger charge is -2.26. The summed E-state index contributed by atoms with van der Waals surface area (Å²) in [7, 11) is 1.71. The number of rotatable bonds is 6. The van der Waals surface area contributed by atoms with E-state index in [1.165, 1.54) is 19.3 Å². The van der Waals surface area contributed by atoms with Crippen molar-refractivity contribution in [2.45, 2.75) is 31.8 Å². The first-order chi connectivity index (χ1) is 9.36. The van der Waals surface area contributed by atoms with Crippen LogP contribution in [0.5, 0.6) is 0 Å². The molecule has 1 saturated carbocycles. The summed E-state index contributed by atoms with van der Waals surface area (Å²) in [6, 6.07) is 0.690. The number of nitrogens with one attached hydrogen (secondary N) is 1. The smallest absolute Gasteiger partial charge is 0.225 e. The minimum absolute atomic E-state index is 0.690. The molecular weight excluding hydrogens is 240 g/mol. The van der Waals surface area contributed by atoms with Crippen LogP contribution in [0.2, 0.25) is 0 Å². The molecule has 1 aromatic heterocycles. The summed E-state index contributed by atoms with van der Waals surface area (Å²) in [6.45, 7) is 3.54. The summed E-state index contributed by atoms with van der Waals surface area (Å²) in [5.74, 6) is 1.79. The fourth-order valence-electron chi connectivity index (χ4n) is 3.16. The summed E-state index contributed by atoms with van der Waals surface area (Å²) >= 11 is 0. The molecule has 19 heavy (non-hydrogen) atoms. The molecule has 1 saturated heterocycles. The van der Waals surface area contributed by atoms with Crippen molar-refractivity contribution in [3.63, 3.8) is 0 Å². The second kappa shape index (κ2) is 5.84. The van der Waals surface area contributed by atoms with Crippen molar-refractivity contribution >= 4 is 5.95 Å². The van der Waals surface area contributed by atoms with E-state index >= 15 is 0 Å². The number of hydrogen-bond acceptors (Lipinski definition) is 5. The van der Waals surface area contributed by atoms with Crippen molar-refractivity contribution in [1.29, 1.82) is 0 Å². The maximum atomic E-state index is 4.99. The van der Waals surface area contributed by atoms with Gasteiger partial charge in [0, 0.05) is 50.7 Å². The van der Waals surface area contributed by atoms with Gasteiger partial charge >= 0.3 is 0 Å². The van der Waals surface area contributed by atoms with Gasteiger partial charge in [-0.25, -0.2) is 9.97 Å². The quantitative estimate of drug-likeness (QED) is 0.781. The zero-order chi connectivity index (χ0) is 13.1. The Labute approximate surface area is 114 Å². The second-order valence-corrected chi connectivity index (χ2v) is 5.55. The molecule has 2 heterocycles. The number of methoxy groups -OCH3 is 1. The van der Waals surface area contributed by atoms with E-state index in [9.17, 15) is 0 Å². The van der Waals surface area contributed by atoms with Gasteiger partial charge in [-0.05, 0) is 25.2 Å². The molecule has 2 bridgehead atoms. The first kappa shape index (κ1) is 12.8. The Morgan fingerprint density at radius 3 is 2.84 bits per heavy atom. The van der Waals surface area contributed by atoms with Gasteiger partial charge in [0.1, 0.15) is 0 Å². The average Bonchev–Trinajstić information content (AvgIpc) is 3.07. The van der Waals surface area contributed by atoms with E-state index in [1.54, 1.807) is 7.11 Å². The van der Waals surface area contributed by atoms with Crippen molar-refractivity contribution in [2.75, 3.05) is 31.7 Å². The van der Waals surface area contributed by atoms with E-state index in [0.717, 1.165) is 43.7 Å². The number of piperidine rings is 1. The first-order valence-electron chi connectivity index (χ1n) is 7.14. The highest BCUT2D eigenvalue weighted by Gasteiger charge is 2.38. The third-order valence-electron chi connectivity index (χ3n) is 4.17. The molecule has 0 amide bonds. The molecule has 1 aliphatic carbocycles. The topological polar surface area (TPSA) is 50.3 Å². The van der Waals surface area contributed by atoms with Crippen molar-refractivity contribution in [1.82, 2.24) is 15.3 Å². The lowest BCUT2D eigenvalue weighted by Crippen LogP contribution is -2.33. The molecule has 2 aliphatic rings. The SMILES string of the molecule is COCCNCc1cnc(N2CC3CCC2C3)nc1. The number of hydrogen-bond donors (Lipinski definition) is 1. The zero-order valence-electron chi connectivity index (χ0n) is 11.5. The number of anilines is 1. The Bertz CT molecular complexity index is 408. The van der Waals surface area contributed by atoms with Crippen molar-refractivity contribution < 1.29 is 4.74 Å². The number of aromatic nitrogens is 2. The fraction of sp³-hybridized carbons (Fsp3) is 0.714. The number of fused-ring (bicyclic) bond motifs is 2. The lowest BCUT2D eigenvalue weighted by molar-refractivity contribution is 0.199. The van der Waals surface area contributed by atoms with Crippen LogP contribution in [0, 0.1) is 5.92 Å². The first-order valence-corrected chi connectivity index (χ1v) is 7.14. The van der Waals surface area contributed by atoms with Gasteiger partial charge in [0.25, 0.3) is 0 Å². The minimum atomic E-state index is 0.690. The monoisotopic (exact) mass is 262 g/mol. The average molecular weight is 262 g/mol. The van der Waals surface area contributed by atoms with Gasteiger partial charge in [-0.1, -0.05) is 0 Å². The lowest BCUT2D eigenvalue weighted by atomic mass is 10.1. The summed E-state index contributed by atoms with van der Waals surface area (Å²) in [6.07, 6.45) is 7.92. The van der Waals surface area contributed by atoms with Crippen LogP contribution < -0.4 is 10.2 Å². The Hall–Kier alpha value is -1.20. The van der Waals surface area contributed by atoms with Crippen molar-refractivity contribution in [3.8, 4) is 0 Å². The highest BCUT2D eigenvalue weighted by Crippen LogP contribution is 2.38. The molecule has 0 aromatic carbocycles. The Morgan fingerprint density at radius 1 is 1.37 bits per heavy atom. The van der Waals surface area contributed by atoms with E-state index < -0.39 is 0 Å². The summed E-state index contributed by atoms with van der Waals surface area (Å²) in [5.41, 5.74) is 1.13. The predicted octanol–water partition coefficient (Wildman–Crippen LogP) is 1.20. The van der Waals surface area contributed by atoms with Gasteiger partial charge < -0.3 is 15.0 Å². The van der Waals surface area contributed by atoms with Gasteiger partial charge in [0.05, 0.1) is 6.61 Å². The molecule has 2 atom stereocenters. The van der Waals surface area contributed by atoms with Gasteiger partial charge in [-0.15, -0.1) is 0 Å². The molecule has 3 rings (SSSR count). The number of nitrogens with zero attached hydrogens (tertiary/aromatic N) is 3. The van der Waals surface area contributed by atoms with Crippen LogP contribution in [0.3, 0.4) is 0 Å². The normalized spacial score (nSPS) is 25.2. The zero-order valence-corrected chi connectivity index (χ0v) is 11.5. The molecule has 0 radical (unpaired) electrons. The van der Waals surface area contributed by atoms with E-state index in [1.807, 2.05) is 12.4 Å². The second-order valence-electron chi connectivity index (χ2n) is 5.55. The third kappa shape index (κ3) is 2.87. The molecule has 104 valence electrons. The molecule has 2 fully saturated rings. The van der Waals surface area contributed by atoms with Gasteiger partial charge in [0.2, 0.25) is 5.95 Å². The van der Waals surface area contributed by atoms with Crippen LogP contribution in [0.25, 0.3) is 0 Å². The highest BCUT2D eigenvalue weighted by atomic mass is 16.5. The van der Waals surface area contributed by atoms with Crippen molar-refractivity contribution in [3.05, 3.63) is 18.0 Å². The third-order valence-corrected chi connectivity index (χ3v) is 4.17. The molecule has 5 heteroatoms. The summed E-state index contributed by atoms with van der Waals surface area (Å²) in [4.78, 5) is 11.4. The van der Waals surface area contributed by atoms with E-state index in [2.05, 4.69) is 20.2 Å². The molecule has 0 spiro atoms. The standard InChI is InChI=1S/C14H22N4O/c1-19-5-4-15-7-12-8-16-14(17-9-12)18-10-11-2-3-13(18)6-11/h8-9,11,13,15H,2-7,10H2,1H3. The Morgan fingerprint density at radius 2 is 2.21 bits per heavy atom. The molecule has 5 nitrogen and oxygen atoms in total. The largest absolute Gasteiger partial charge is 0.383 e. The molecule has 1 N–H and O–H groups in total. The van der Waals surface area contributed by atoms with E-state index in [4.69, 9.17) is 4.74 Å². The molecular formula is C14H22N4O. The Kier molecular flexibility index (Phi) is 3.94. The van der Waals surface area contributed by atoms with Crippen LogP contribution in [-0.2, 0) is 11.3 Å². The number of ether oxygens (including phenoxy) is 1. The minimum Gasteiger partial charge on any atom is -0.383 e. The fourth-order valence-corrected chi connectivity index (χ4v) is 3.16. The maximum absolute atomic E-state index is 4.99. The van der Waals surface area contributed by atoms with Gasteiger partial charge in [-0.3, -0.25) is 0 Å². The molecule has 1 aliphatic heterocycles. The van der Waals surface area contributed by atoms with E-state index in [-0.39, 0.29) is 0 Å². The van der Waals surface area contributed by atoms with Crippen LogP contribution >= 0.6 is 0 Å².